The van der Waals surface area contributed by atoms with Crippen molar-refractivity contribution in [1.29, 1.82) is 0 Å². The van der Waals surface area contributed by atoms with Crippen molar-refractivity contribution in [2.24, 2.45) is 0 Å². The smallest absolute Gasteiger partial charge is 0.189 e. The molecule has 0 radical (unpaired) electrons. The average Bonchev–Trinajstić information content (AvgIpc) is 2.87. The summed E-state index contributed by atoms with van der Waals surface area (Å²) in [5.41, 5.74) is 3.61. The Balaban J connectivity index is 1.44. The van der Waals surface area contributed by atoms with Crippen LogP contribution in [-0.4, -0.2) is 49.6 Å². The first-order valence-corrected chi connectivity index (χ1v) is 12.2. The molecule has 184 valence electrons. The molecule has 3 rings (SSSR count). The highest BCUT2D eigenvalue weighted by Gasteiger charge is 2.10. The number of allylic oxidation sites excluding steroid dienone is 1. The fourth-order valence-corrected chi connectivity index (χ4v) is 3.77. The van der Waals surface area contributed by atoms with Gasteiger partial charge in [-0.2, -0.15) is 0 Å². The van der Waals surface area contributed by atoms with Crippen molar-refractivity contribution in [2.45, 2.75) is 26.3 Å². The second-order valence-electron chi connectivity index (χ2n) is 8.77. The van der Waals surface area contributed by atoms with Crippen LogP contribution in [0, 0.1) is 0 Å². The lowest BCUT2D eigenvalue weighted by molar-refractivity contribution is 0.104. The first kappa shape index (κ1) is 26.0. The van der Waals surface area contributed by atoms with Crippen LogP contribution < -0.4 is 9.64 Å². The van der Waals surface area contributed by atoms with E-state index in [1.54, 1.807) is 18.2 Å². The van der Waals surface area contributed by atoms with Crippen LogP contribution in [0.4, 0.5) is 5.69 Å². The average molecular weight is 473 g/mol. The molecule has 0 bridgehead atoms. The molecule has 35 heavy (non-hydrogen) atoms. The highest BCUT2D eigenvalue weighted by atomic mass is 16.5. The van der Waals surface area contributed by atoms with Crippen LogP contribution in [-0.2, 0) is 6.54 Å². The van der Waals surface area contributed by atoms with E-state index in [1.165, 1.54) is 17.7 Å². The van der Waals surface area contributed by atoms with Gasteiger partial charge in [-0.3, -0.25) is 9.69 Å². The van der Waals surface area contributed by atoms with Gasteiger partial charge in [-0.1, -0.05) is 55.5 Å². The highest BCUT2D eigenvalue weighted by Crippen LogP contribution is 2.25. The molecule has 0 amide bonds. The maximum atomic E-state index is 12.5. The van der Waals surface area contributed by atoms with Crippen molar-refractivity contribution in [3.63, 3.8) is 0 Å². The van der Waals surface area contributed by atoms with Crippen molar-refractivity contribution in [2.75, 3.05) is 38.7 Å². The summed E-state index contributed by atoms with van der Waals surface area (Å²) in [5, 5.41) is 10.4. The van der Waals surface area contributed by atoms with Crippen LogP contribution in [0.25, 0.3) is 6.08 Å². The number of aromatic hydroxyl groups is 1. The minimum absolute atomic E-state index is 0.0693. The number of carbonyl (C=O) groups excluding carboxylic acids is 1. The van der Waals surface area contributed by atoms with Gasteiger partial charge in [0.2, 0.25) is 0 Å². The van der Waals surface area contributed by atoms with Crippen molar-refractivity contribution in [3.8, 4) is 11.5 Å². The van der Waals surface area contributed by atoms with Gasteiger partial charge >= 0.3 is 0 Å². The van der Waals surface area contributed by atoms with E-state index < -0.39 is 0 Å². The van der Waals surface area contributed by atoms with Gasteiger partial charge in [0.1, 0.15) is 11.5 Å². The lowest BCUT2D eigenvalue weighted by Crippen LogP contribution is -2.24. The molecule has 0 saturated carbocycles. The molecule has 0 heterocycles. The Bertz CT molecular complexity index is 1090. The van der Waals surface area contributed by atoms with E-state index >= 15 is 0 Å². The van der Waals surface area contributed by atoms with E-state index in [-0.39, 0.29) is 17.1 Å². The number of hydrogen-bond acceptors (Lipinski definition) is 5. The molecule has 3 aromatic rings. The zero-order valence-electron chi connectivity index (χ0n) is 21.0. The molecule has 0 aromatic heterocycles. The number of hydrogen-bond donors (Lipinski definition) is 1. The molecule has 0 aliphatic rings. The van der Waals surface area contributed by atoms with E-state index in [0.717, 1.165) is 43.7 Å². The number of unbranched alkanes of at least 4 members (excludes halogenated alkanes) is 1. The Morgan fingerprint density at radius 2 is 1.71 bits per heavy atom. The second kappa shape index (κ2) is 13.4. The molecule has 0 aliphatic carbocycles. The maximum Gasteiger partial charge on any atom is 0.189 e. The van der Waals surface area contributed by atoms with Crippen LogP contribution in [0.2, 0.25) is 0 Å². The third-order valence-corrected chi connectivity index (χ3v) is 5.90. The number of phenols is 1. The Kier molecular flexibility index (Phi) is 9.93. The SMILES string of the molecule is CCN(CCCCOc1ccc(C(=O)/C=C/c2ccc(N(C)C)cc2)c(O)c1)Cc1ccccc1. The molecule has 3 aromatic carbocycles. The topological polar surface area (TPSA) is 53.0 Å². The van der Waals surface area contributed by atoms with Crippen LogP contribution in [0.3, 0.4) is 0 Å². The quantitative estimate of drug-likeness (QED) is 0.187. The summed E-state index contributed by atoms with van der Waals surface area (Å²) in [6.07, 6.45) is 5.18. The largest absolute Gasteiger partial charge is 0.507 e. The van der Waals surface area contributed by atoms with Gasteiger partial charge in [-0.05, 0) is 67.4 Å². The van der Waals surface area contributed by atoms with Crippen LogP contribution >= 0.6 is 0 Å². The number of ketones is 1. The minimum atomic E-state index is -0.246. The molecule has 5 heteroatoms. The second-order valence-corrected chi connectivity index (χ2v) is 8.77. The van der Waals surface area contributed by atoms with Gasteiger partial charge in [0.25, 0.3) is 0 Å². The summed E-state index contributed by atoms with van der Waals surface area (Å²) in [6.45, 7) is 5.73. The van der Waals surface area contributed by atoms with Crippen LogP contribution in [0.15, 0.2) is 78.9 Å². The molecule has 0 unspecified atom stereocenters. The lowest BCUT2D eigenvalue weighted by Gasteiger charge is -2.20. The van der Waals surface area contributed by atoms with Crippen molar-refractivity contribution in [1.82, 2.24) is 4.90 Å². The van der Waals surface area contributed by atoms with E-state index in [1.807, 2.05) is 49.3 Å². The monoisotopic (exact) mass is 472 g/mol. The molecule has 5 nitrogen and oxygen atoms in total. The van der Waals surface area contributed by atoms with Crippen molar-refractivity contribution >= 4 is 17.5 Å². The minimum Gasteiger partial charge on any atom is -0.507 e. The number of benzene rings is 3. The Hall–Kier alpha value is -3.57. The molecule has 0 saturated heterocycles. The van der Waals surface area contributed by atoms with Crippen molar-refractivity contribution < 1.29 is 14.6 Å². The van der Waals surface area contributed by atoms with E-state index in [0.29, 0.717) is 12.4 Å². The standard InChI is InChI=1S/C30H36N2O3/c1-4-32(23-25-10-6-5-7-11-25)20-8-9-21-35-27-17-18-28(30(34)22-27)29(33)19-14-24-12-15-26(16-13-24)31(2)3/h5-7,10-19,22,34H,4,8-9,20-21,23H2,1-3H3/b19-14+. The number of rotatable bonds is 13. The zero-order valence-corrected chi connectivity index (χ0v) is 21.0. The third kappa shape index (κ3) is 8.30. The summed E-state index contributed by atoms with van der Waals surface area (Å²) < 4.78 is 5.80. The molecule has 0 spiro atoms. The zero-order chi connectivity index (χ0) is 25.0. The first-order valence-electron chi connectivity index (χ1n) is 12.2. The molecule has 0 atom stereocenters. The van der Waals surface area contributed by atoms with E-state index in [4.69, 9.17) is 4.74 Å². The third-order valence-electron chi connectivity index (χ3n) is 5.90. The molecule has 1 N–H and O–H groups in total. The number of carbonyl (C=O) groups is 1. The molecular formula is C30H36N2O3. The van der Waals surface area contributed by atoms with Crippen LogP contribution in [0.5, 0.6) is 11.5 Å². The van der Waals surface area contributed by atoms with E-state index in [9.17, 15) is 9.90 Å². The van der Waals surface area contributed by atoms with Gasteiger partial charge in [-0.25, -0.2) is 0 Å². The number of phenolic OH excluding ortho intramolecular Hbond substituents is 1. The highest BCUT2D eigenvalue weighted by molar-refractivity contribution is 6.08. The number of anilines is 1. The van der Waals surface area contributed by atoms with Gasteiger partial charge in [0.15, 0.2) is 5.78 Å². The van der Waals surface area contributed by atoms with Gasteiger partial charge in [0, 0.05) is 32.4 Å². The predicted octanol–water partition coefficient (Wildman–Crippen LogP) is 6.04. The summed E-state index contributed by atoms with van der Waals surface area (Å²) in [6, 6.07) is 23.3. The molecular weight excluding hydrogens is 436 g/mol. The van der Waals surface area contributed by atoms with Gasteiger partial charge < -0.3 is 14.7 Å². The normalized spacial score (nSPS) is 11.2. The summed E-state index contributed by atoms with van der Waals surface area (Å²) in [7, 11) is 3.97. The maximum absolute atomic E-state index is 12.5. The molecule has 0 fully saturated rings. The summed E-state index contributed by atoms with van der Waals surface area (Å²) in [4.78, 5) is 17.0. The Morgan fingerprint density at radius 3 is 2.37 bits per heavy atom. The number of nitrogens with zero attached hydrogens (tertiary/aromatic N) is 2. The summed E-state index contributed by atoms with van der Waals surface area (Å²) >= 11 is 0. The fourth-order valence-electron chi connectivity index (χ4n) is 3.77. The first-order chi connectivity index (χ1) is 17.0. The Morgan fingerprint density at radius 1 is 0.971 bits per heavy atom. The van der Waals surface area contributed by atoms with E-state index in [2.05, 4.69) is 36.1 Å². The van der Waals surface area contributed by atoms with Gasteiger partial charge in [0.05, 0.1) is 12.2 Å². The van der Waals surface area contributed by atoms with Gasteiger partial charge in [-0.15, -0.1) is 0 Å². The summed E-state index contributed by atoms with van der Waals surface area (Å²) in [5.74, 6) is 0.253. The van der Waals surface area contributed by atoms with Crippen molar-refractivity contribution in [3.05, 3.63) is 95.6 Å². The fraction of sp³-hybridized carbons (Fsp3) is 0.300. The number of ether oxygens (including phenoxy) is 1. The molecule has 0 aliphatic heterocycles. The predicted molar refractivity (Wildman–Crippen MR) is 144 cm³/mol. The Labute approximate surface area is 209 Å². The van der Waals surface area contributed by atoms with Crippen LogP contribution in [0.1, 0.15) is 41.3 Å². The lowest BCUT2D eigenvalue weighted by atomic mass is 10.1.